The van der Waals surface area contributed by atoms with Crippen LogP contribution < -0.4 is 15.6 Å². The summed E-state index contributed by atoms with van der Waals surface area (Å²) in [5, 5.41) is 3.14. The topological polar surface area (TPSA) is 56.1 Å². The molecule has 0 aliphatic rings. The number of anilines is 1. The molecule has 0 aliphatic heterocycles. The van der Waals surface area contributed by atoms with Crippen molar-refractivity contribution < 1.29 is 4.74 Å². The predicted octanol–water partition coefficient (Wildman–Crippen LogP) is 3.29. The van der Waals surface area contributed by atoms with Gasteiger partial charge in [-0.1, -0.05) is 42.5 Å². The Labute approximate surface area is 146 Å². The van der Waals surface area contributed by atoms with E-state index >= 15 is 0 Å². The molecule has 1 N–H and O–H groups in total. The van der Waals surface area contributed by atoms with Gasteiger partial charge >= 0.3 is 0 Å². The summed E-state index contributed by atoms with van der Waals surface area (Å²) in [5.74, 6) is 1.01. The van der Waals surface area contributed by atoms with E-state index in [1.807, 2.05) is 49.4 Å². The minimum atomic E-state index is -0.192. The van der Waals surface area contributed by atoms with Crippen LogP contribution in [0, 0.1) is 0 Å². The lowest BCUT2D eigenvalue weighted by molar-refractivity contribution is 0.339. The van der Waals surface area contributed by atoms with Crippen molar-refractivity contribution in [3.05, 3.63) is 82.9 Å². The summed E-state index contributed by atoms with van der Waals surface area (Å²) in [6.07, 6.45) is 4.10. The van der Waals surface area contributed by atoms with Crippen molar-refractivity contribution in [2.45, 2.75) is 13.3 Å². The summed E-state index contributed by atoms with van der Waals surface area (Å²) < 4.78 is 7.18. The first-order valence-electron chi connectivity index (χ1n) is 8.37. The molecular weight excluding hydrogens is 314 g/mol. The van der Waals surface area contributed by atoms with Crippen LogP contribution in [0.1, 0.15) is 12.5 Å². The Hall–Kier alpha value is -3.08. The second kappa shape index (κ2) is 8.15. The van der Waals surface area contributed by atoms with Crippen LogP contribution in [0.15, 0.2) is 71.8 Å². The largest absolute Gasteiger partial charge is 0.492 e. The number of benzene rings is 2. The highest BCUT2D eigenvalue weighted by Gasteiger charge is 2.10. The van der Waals surface area contributed by atoms with Gasteiger partial charge < -0.3 is 10.1 Å². The van der Waals surface area contributed by atoms with Gasteiger partial charge in [-0.05, 0) is 31.0 Å². The number of hydrogen-bond donors (Lipinski definition) is 1. The Bertz CT molecular complexity index is 875. The summed E-state index contributed by atoms with van der Waals surface area (Å²) in [6, 6.07) is 17.6. The van der Waals surface area contributed by atoms with Crippen LogP contribution in [-0.2, 0) is 6.42 Å². The zero-order valence-electron chi connectivity index (χ0n) is 14.2. The van der Waals surface area contributed by atoms with Crippen LogP contribution in [0.4, 0.5) is 5.82 Å². The third-order valence-corrected chi connectivity index (χ3v) is 3.81. The summed E-state index contributed by atoms with van der Waals surface area (Å²) >= 11 is 0. The van der Waals surface area contributed by atoms with Crippen LogP contribution in [0.25, 0.3) is 5.69 Å². The fraction of sp³-hybridized carbons (Fsp3) is 0.200. The van der Waals surface area contributed by atoms with Gasteiger partial charge in [0.25, 0.3) is 5.56 Å². The lowest BCUT2D eigenvalue weighted by Gasteiger charge is -2.13. The third-order valence-electron chi connectivity index (χ3n) is 3.81. The Morgan fingerprint density at radius 2 is 1.84 bits per heavy atom. The number of nitrogens with zero attached hydrogens (tertiary/aromatic N) is 2. The Morgan fingerprint density at radius 1 is 1.08 bits per heavy atom. The number of rotatable bonds is 7. The van der Waals surface area contributed by atoms with Gasteiger partial charge in [0.15, 0.2) is 5.82 Å². The highest BCUT2D eigenvalue weighted by molar-refractivity contribution is 5.48. The molecule has 1 heterocycles. The summed E-state index contributed by atoms with van der Waals surface area (Å²) in [4.78, 5) is 16.9. The molecule has 25 heavy (non-hydrogen) atoms. The van der Waals surface area contributed by atoms with Gasteiger partial charge in [-0.15, -0.1) is 0 Å². The van der Waals surface area contributed by atoms with E-state index in [0.717, 1.165) is 6.42 Å². The molecule has 0 fully saturated rings. The molecule has 0 atom stereocenters. The first-order valence-corrected chi connectivity index (χ1v) is 8.37. The van der Waals surface area contributed by atoms with E-state index in [2.05, 4.69) is 22.4 Å². The van der Waals surface area contributed by atoms with Crippen LogP contribution in [0.3, 0.4) is 0 Å². The van der Waals surface area contributed by atoms with Crippen molar-refractivity contribution in [2.24, 2.45) is 0 Å². The van der Waals surface area contributed by atoms with E-state index in [1.54, 1.807) is 17.0 Å². The van der Waals surface area contributed by atoms with Crippen LogP contribution in [0.2, 0.25) is 0 Å². The maximum Gasteiger partial charge on any atom is 0.297 e. The van der Waals surface area contributed by atoms with Crippen LogP contribution >= 0.6 is 0 Å². The van der Waals surface area contributed by atoms with E-state index in [1.165, 1.54) is 5.56 Å². The Kier molecular flexibility index (Phi) is 5.46. The predicted molar refractivity (Wildman–Crippen MR) is 99.6 cm³/mol. The summed E-state index contributed by atoms with van der Waals surface area (Å²) in [7, 11) is 0. The zero-order chi connectivity index (χ0) is 17.5. The number of ether oxygens (including phenoxy) is 1. The third kappa shape index (κ3) is 4.07. The van der Waals surface area contributed by atoms with Gasteiger partial charge in [0.05, 0.1) is 12.3 Å². The van der Waals surface area contributed by atoms with E-state index in [4.69, 9.17) is 4.74 Å². The fourth-order valence-corrected chi connectivity index (χ4v) is 2.63. The zero-order valence-corrected chi connectivity index (χ0v) is 14.2. The van der Waals surface area contributed by atoms with Crippen LogP contribution in [0.5, 0.6) is 5.75 Å². The van der Waals surface area contributed by atoms with Gasteiger partial charge in [0.1, 0.15) is 5.75 Å². The quantitative estimate of drug-likeness (QED) is 0.720. The number of hydrogen-bond acceptors (Lipinski definition) is 4. The molecule has 0 bridgehead atoms. The van der Waals surface area contributed by atoms with Crippen molar-refractivity contribution in [3.8, 4) is 11.4 Å². The standard InChI is InChI=1S/C20H21N3O2/c1-2-25-18-11-7-6-10-17(18)23-15-14-22-19(20(23)24)21-13-12-16-8-4-3-5-9-16/h3-11,14-15H,2,12-13H2,1H3,(H,21,22). The molecule has 0 amide bonds. The molecule has 1 aromatic heterocycles. The second-order valence-corrected chi connectivity index (χ2v) is 5.51. The average Bonchev–Trinajstić information content (AvgIpc) is 2.65. The molecule has 0 aliphatic carbocycles. The molecule has 0 radical (unpaired) electrons. The molecule has 0 saturated heterocycles. The lowest BCUT2D eigenvalue weighted by atomic mass is 10.1. The fourth-order valence-electron chi connectivity index (χ4n) is 2.63. The molecule has 3 aromatic rings. The van der Waals surface area contributed by atoms with Gasteiger partial charge in [0.2, 0.25) is 0 Å². The van der Waals surface area contributed by atoms with E-state index in [-0.39, 0.29) is 5.56 Å². The van der Waals surface area contributed by atoms with Crippen molar-refractivity contribution >= 4 is 5.82 Å². The second-order valence-electron chi connectivity index (χ2n) is 5.51. The van der Waals surface area contributed by atoms with Gasteiger partial charge in [-0.25, -0.2) is 4.98 Å². The van der Waals surface area contributed by atoms with E-state index in [0.29, 0.717) is 30.4 Å². The average molecular weight is 335 g/mol. The maximum absolute atomic E-state index is 12.8. The normalized spacial score (nSPS) is 10.4. The van der Waals surface area contributed by atoms with Gasteiger partial charge in [-0.3, -0.25) is 9.36 Å². The highest BCUT2D eigenvalue weighted by Crippen LogP contribution is 2.21. The van der Waals surface area contributed by atoms with Gasteiger partial charge in [0, 0.05) is 18.9 Å². The molecule has 0 spiro atoms. The summed E-state index contributed by atoms with van der Waals surface area (Å²) in [6.45, 7) is 3.10. The van der Waals surface area contributed by atoms with Crippen LogP contribution in [-0.4, -0.2) is 22.7 Å². The minimum absolute atomic E-state index is 0.192. The Morgan fingerprint density at radius 3 is 2.64 bits per heavy atom. The first kappa shape index (κ1) is 16.8. The first-order chi connectivity index (χ1) is 12.3. The SMILES string of the molecule is CCOc1ccccc1-n1ccnc(NCCc2ccccc2)c1=O. The molecule has 5 heteroatoms. The number of aromatic nitrogens is 2. The lowest BCUT2D eigenvalue weighted by Crippen LogP contribution is -2.24. The van der Waals surface area contributed by atoms with Gasteiger partial charge in [-0.2, -0.15) is 0 Å². The minimum Gasteiger partial charge on any atom is -0.492 e. The van der Waals surface area contributed by atoms with Crippen molar-refractivity contribution in [3.63, 3.8) is 0 Å². The Balaban J connectivity index is 1.80. The maximum atomic E-state index is 12.8. The van der Waals surface area contributed by atoms with Crippen molar-refractivity contribution in [1.82, 2.24) is 9.55 Å². The molecule has 0 saturated carbocycles. The highest BCUT2D eigenvalue weighted by atomic mass is 16.5. The molecule has 0 unspecified atom stereocenters. The van der Waals surface area contributed by atoms with E-state index < -0.39 is 0 Å². The molecule has 5 nitrogen and oxygen atoms in total. The van der Waals surface area contributed by atoms with E-state index in [9.17, 15) is 4.79 Å². The molecular formula is C20H21N3O2. The van der Waals surface area contributed by atoms with Crippen molar-refractivity contribution in [1.29, 1.82) is 0 Å². The smallest absolute Gasteiger partial charge is 0.297 e. The number of nitrogens with one attached hydrogen (secondary N) is 1. The molecule has 2 aromatic carbocycles. The monoisotopic (exact) mass is 335 g/mol. The molecule has 128 valence electrons. The molecule has 3 rings (SSSR count). The van der Waals surface area contributed by atoms with Crippen molar-refractivity contribution in [2.75, 3.05) is 18.5 Å². The number of para-hydroxylation sites is 2. The summed E-state index contributed by atoms with van der Waals surface area (Å²) in [5.41, 5.74) is 1.73.